The van der Waals surface area contributed by atoms with Crippen LogP contribution in [-0.4, -0.2) is 8.42 Å². The zero-order valence-electron chi connectivity index (χ0n) is 10.6. The highest BCUT2D eigenvalue weighted by molar-refractivity contribution is 7.91. The molecule has 0 radical (unpaired) electrons. The van der Waals surface area contributed by atoms with Crippen LogP contribution in [0, 0.1) is 0 Å². The lowest BCUT2D eigenvalue weighted by atomic mass is 9.78. The summed E-state index contributed by atoms with van der Waals surface area (Å²) in [6, 6.07) is 12.3. The van der Waals surface area contributed by atoms with E-state index in [9.17, 15) is 8.42 Å². The predicted molar refractivity (Wildman–Crippen MR) is 75.5 cm³/mol. The van der Waals surface area contributed by atoms with Gasteiger partial charge in [0.25, 0.3) is 0 Å². The van der Waals surface area contributed by atoms with Crippen molar-refractivity contribution in [1.29, 1.82) is 0 Å². The standard InChI is InChI=1S/C15H13ClO2S/c1-15(2)11-5-3-4-6-13(11)19(17,18)14-9-10(16)7-8-12(14)15/h3-9H,1-2H3. The van der Waals surface area contributed by atoms with Crippen molar-refractivity contribution in [3.8, 4) is 0 Å². The topological polar surface area (TPSA) is 34.1 Å². The smallest absolute Gasteiger partial charge is 0.207 e. The van der Waals surface area contributed by atoms with Crippen LogP contribution in [0.25, 0.3) is 0 Å². The molecule has 0 unspecified atom stereocenters. The van der Waals surface area contributed by atoms with Crippen molar-refractivity contribution < 1.29 is 8.42 Å². The summed E-state index contributed by atoms with van der Waals surface area (Å²) >= 11 is 5.96. The normalized spacial score (nSPS) is 18.5. The van der Waals surface area contributed by atoms with Crippen molar-refractivity contribution in [1.82, 2.24) is 0 Å². The number of fused-ring (bicyclic) bond motifs is 2. The van der Waals surface area contributed by atoms with E-state index in [0.29, 0.717) is 14.8 Å². The Morgan fingerprint density at radius 1 is 0.947 bits per heavy atom. The molecule has 0 saturated carbocycles. The van der Waals surface area contributed by atoms with Gasteiger partial charge in [0.05, 0.1) is 9.79 Å². The molecule has 2 aromatic rings. The molecule has 0 saturated heterocycles. The minimum absolute atomic E-state index is 0.323. The minimum atomic E-state index is -3.48. The van der Waals surface area contributed by atoms with Crippen LogP contribution in [0.5, 0.6) is 0 Å². The fraction of sp³-hybridized carbons (Fsp3) is 0.200. The van der Waals surface area contributed by atoms with Crippen molar-refractivity contribution in [2.75, 3.05) is 0 Å². The van der Waals surface area contributed by atoms with E-state index in [2.05, 4.69) is 0 Å². The van der Waals surface area contributed by atoms with Crippen LogP contribution >= 0.6 is 11.6 Å². The first kappa shape index (κ1) is 12.7. The van der Waals surface area contributed by atoms with E-state index in [0.717, 1.165) is 11.1 Å². The van der Waals surface area contributed by atoms with Crippen LogP contribution in [-0.2, 0) is 15.3 Å². The van der Waals surface area contributed by atoms with E-state index >= 15 is 0 Å². The van der Waals surface area contributed by atoms with Gasteiger partial charge in [0, 0.05) is 10.4 Å². The number of benzene rings is 2. The first-order valence-electron chi connectivity index (χ1n) is 6.00. The van der Waals surface area contributed by atoms with Crippen LogP contribution in [0.1, 0.15) is 25.0 Å². The summed E-state index contributed by atoms with van der Waals surface area (Å²) in [6.45, 7) is 4.07. The first-order valence-corrected chi connectivity index (χ1v) is 7.86. The van der Waals surface area contributed by atoms with Crippen LogP contribution < -0.4 is 0 Å². The zero-order valence-corrected chi connectivity index (χ0v) is 12.2. The van der Waals surface area contributed by atoms with Gasteiger partial charge in [0.1, 0.15) is 0 Å². The average Bonchev–Trinajstić information content (AvgIpc) is 2.37. The quantitative estimate of drug-likeness (QED) is 0.740. The largest absolute Gasteiger partial charge is 0.218 e. The highest BCUT2D eigenvalue weighted by Gasteiger charge is 2.40. The van der Waals surface area contributed by atoms with Crippen molar-refractivity contribution in [2.24, 2.45) is 0 Å². The molecule has 2 aromatic carbocycles. The van der Waals surface area contributed by atoms with Gasteiger partial charge in [0.2, 0.25) is 9.84 Å². The van der Waals surface area contributed by atoms with Crippen molar-refractivity contribution in [3.63, 3.8) is 0 Å². The van der Waals surface area contributed by atoms with Gasteiger partial charge in [0.15, 0.2) is 0 Å². The van der Waals surface area contributed by atoms with E-state index in [4.69, 9.17) is 11.6 Å². The molecule has 19 heavy (non-hydrogen) atoms. The maximum Gasteiger partial charge on any atom is 0.207 e. The Morgan fingerprint density at radius 3 is 2.32 bits per heavy atom. The summed E-state index contributed by atoms with van der Waals surface area (Å²) in [6.07, 6.45) is 0. The molecule has 0 aromatic heterocycles. The van der Waals surface area contributed by atoms with Gasteiger partial charge in [-0.15, -0.1) is 0 Å². The molecule has 2 nitrogen and oxygen atoms in total. The van der Waals surface area contributed by atoms with Gasteiger partial charge >= 0.3 is 0 Å². The van der Waals surface area contributed by atoms with E-state index < -0.39 is 9.84 Å². The zero-order chi connectivity index (χ0) is 13.8. The summed E-state index contributed by atoms with van der Waals surface area (Å²) in [4.78, 5) is 0.707. The molecular weight excluding hydrogens is 280 g/mol. The second-order valence-corrected chi connectivity index (χ2v) is 7.59. The number of halogens is 1. The molecule has 0 N–H and O–H groups in total. The fourth-order valence-electron chi connectivity index (χ4n) is 2.72. The van der Waals surface area contributed by atoms with E-state index in [1.165, 1.54) is 0 Å². The Balaban J connectivity index is 2.48. The van der Waals surface area contributed by atoms with Gasteiger partial charge in [-0.3, -0.25) is 0 Å². The van der Waals surface area contributed by atoms with E-state index in [1.807, 2.05) is 32.0 Å². The second kappa shape index (κ2) is 3.84. The average molecular weight is 293 g/mol. The maximum absolute atomic E-state index is 12.7. The van der Waals surface area contributed by atoms with E-state index in [-0.39, 0.29) is 5.41 Å². The predicted octanol–water partition coefficient (Wildman–Crippen LogP) is 3.81. The summed E-state index contributed by atoms with van der Waals surface area (Å²) in [7, 11) is -3.48. The van der Waals surface area contributed by atoms with E-state index in [1.54, 1.807) is 24.3 Å². The molecule has 0 amide bonds. The monoisotopic (exact) mass is 292 g/mol. The lowest BCUT2D eigenvalue weighted by Gasteiger charge is -2.34. The Bertz CT molecular complexity index is 776. The molecule has 98 valence electrons. The third kappa shape index (κ3) is 1.65. The third-order valence-corrected chi connectivity index (χ3v) is 5.84. The SMILES string of the molecule is CC1(C)c2ccccc2S(=O)(=O)c2cc(Cl)ccc21. The van der Waals surface area contributed by atoms with Crippen LogP contribution in [0.15, 0.2) is 52.3 Å². The number of sulfone groups is 1. The first-order chi connectivity index (χ1) is 8.85. The molecule has 0 aliphatic carbocycles. The highest BCUT2D eigenvalue weighted by Crippen LogP contribution is 2.45. The van der Waals surface area contributed by atoms with Gasteiger partial charge in [-0.25, -0.2) is 8.42 Å². The molecule has 0 bridgehead atoms. The minimum Gasteiger partial charge on any atom is -0.218 e. The van der Waals surface area contributed by atoms with Crippen molar-refractivity contribution in [3.05, 3.63) is 58.6 Å². The third-order valence-electron chi connectivity index (χ3n) is 3.76. The molecule has 1 aliphatic rings. The Kier molecular flexibility index (Phi) is 2.57. The summed E-state index contributed by atoms with van der Waals surface area (Å²) in [5.41, 5.74) is 1.29. The Morgan fingerprint density at radius 2 is 1.58 bits per heavy atom. The van der Waals surface area contributed by atoms with Crippen molar-refractivity contribution in [2.45, 2.75) is 29.1 Å². The summed E-state index contributed by atoms with van der Waals surface area (Å²) in [5, 5.41) is 0.442. The Labute approximate surface area is 118 Å². The number of rotatable bonds is 0. The summed E-state index contributed by atoms with van der Waals surface area (Å²) < 4.78 is 25.4. The van der Waals surface area contributed by atoms with Gasteiger partial charge in [-0.1, -0.05) is 49.7 Å². The van der Waals surface area contributed by atoms with Gasteiger partial charge in [-0.05, 0) is 29.3 Å². The fourth-order valence-corrected chi connectivity index (χ4v) is 4.95. The maximum atomic E-state index is 12.7. The summed E-state index contributed by atoms with van der Waals surface area (Å²) in [5.74, 6) is 0. The van der Waals surface area contributed by atoms with Crippen LogP contribution in [0.3, 0.4) is 0 Å². The second-order valence-electron chi connectivity index (χ2n) is 5.27. The number of hydrogen-bond acceptors (Lipinski definition) is 2. The van der Waals surface area contributed by atoms with Crippen molar-refractivity contribution >= 4 is 21.4 Å². The molecular formula is C15H13ClO2S. The lowest BCUT2D eigenvalue weighted by molar-refractivity contribution is 0.555. The molecule has 4 heteroatoms. The molecule has 0 spiro atoms. The molecule has 0 atom stereocenters. The van der Waals surface area contributed by atoms with Crippen LogP contribution in [0.2, 0.25) is 5.02 Å². The molecule has 0 fully saturated rings. The highest BCUT2D eigenvalue weighted by atomic mass is 35.5. The van der Waals surface area contributed by atoms with Crippen LogP contribution in [0.4, 0.5) is 0 Å². The van der Waals surface area contributed by atoms with Gasteiger partial charge < -0.3 is 0 Å². The Hall–Kier alpha value is -1.32. The molecule has 1 heterocycles. The van der Waals surface area contributed by atoms with Gasteiger partial charge in [-0.2, -0.15) is 0 Å². The number of hydrogen-bond donors (Lipinski definition) is 0. The molecule has 3 rings (SSSR count). The molecule has 1 aliphatic heterocycles. The lowest BCUT2D eigenvalue weighted by Crippen LogP contribution is -2.29.